The number of ether oxygens (including phenoxy) is 1. The van der Waals surface area contributed by atoms with Gasteiger partial charge in [0, 0.05) is 12.1 Å². The van der Waals surface area contributed by atoms with Gasteiger partial charge in [0.1, 0.15) is 0 Å². The summed E-state index contributed by atoms with van der Waals surface area (Å²) in [4.78, 5) is 18.6. The molecule has 6 nitrogen and oxygen atoms in total. The number of aliphatic hydroxyl groups is 1. The number of hydrogen-bond acceptors (Lipinski definition) is 5. The minimum Gasteiger partial charge on any atom is -0.443 e. The average Bonchev–Trinajstić information content (AvgIpc) is 3.04. The molecule has 1 aliphatic rings. The van der Waals surface area contributed by atoms with Gasteiger partial charge in [-0.2, -0.15) is 0 Å². The van der Waals surface area contributed by atoms with E-state index in [4.69, 9.17) is 20.8 Å². The third-order valence-electron chi connectivity index (χ3n) is 3.86. The second-order valence-corrected chi connectivity index (χ2v) is 5.86. The Morgan fingerprint density at radius 2 is 2.26 bits per heavy atom. The summed E-state index contributed by atoms with van der Waals surface area (Å²) in [7, 11) is 0. The van der Waals surface area contributed by atoms with E-state index in [9.17, 15) is 9.90 Å². The molecule has 2 atom stereocenters. The molecule has 7 heteroatoms. The third-order valence-corrected chi connectivity index (χ3v) is 4.19. The number of oxazole rings is 1. The van der Waals surface area contributed by atoms with Crippen LogP contribution in [0, 0.1) is 0 Å². The third kappa shape index (κ3) is 3.10. The fourth-order valence-corrected chi connectivity index (χ4v) is 2.80. The highest BCUT2D eigenvalue weighted by atomic mass is 35.5. The van der Waals surface area contributed by atoms with Gasteiger partial charge in [-0.25, -0.2) is 4.98 Å². The lowest BCUT2D eigenvalue weighted by Gasteiger charge is -2.37. The number of aliphatic hydroxyl groups excluding tert-OH is 1. The van der Waals surface area contributed by atoms with Crippen LogP contribution in [-0.4, -0.2) is 52.8 Å². The Labute approximate surface area is 138 Å². The van der Waals surface area contributed by atoms with Crippen molar-refractivity contribution in [3.63, 3.8) is 0 Å². The van der Waals surface area contributed by atoms with Gasteiger partial charge >= 0.3 is 0 Å². The van der Waals surface area contributed by atoms with Gasteiger partial charge < -0.3 is 19.2 Å². The molecule has 3 rings (SSSR count). The van der Waals surface area contributed by atoms with E-state index >= 15 is 0 Å². The quantitative estimate of drug-likeness (QED) is 0.930. The molecule has 1 saturated heterocycles. The molecule has 2 aromatic rings. The highest BCUT2D eigenvalue weighted by Crippen LogP contribution is 2.31. The van der Waals surface area contributed by atoms with Crippen LogP contribution in [0.1, 0.15) is 17.4 Å². The van der Waals surface area contributed by atoms with Gasteiger partial charge in [-0.15, -0.1) is 0 Å². The number of amides is 1. The number of benzene rings is 1. The molecule has 1 aliphatic heterocycles. The second kappa shape index (κ2) is 6.70. The topological polar surface area (TPSA) is 75.8 Å². The van der Waals surface area contributed by atoms with Gasteiger partial charge in [-0.3, -0.25) is 4.79 Å². The average molecular weight is 337 g/mol. The molecule has 1 aromatic heterocycles. The van der Waals surface area contributed by atoms with Gasteiger partial charge in [0.2, 0.25) is 0 Å². The van der Waals surface area contributed by atoms with Crippen molar-refractivity contribution in [2.75, 3.05) is 19.8 Å². The molecule has 1 fully saturated rings. The van der Waals surface area contributed by atoms with Crippen molar-refractivity contribution in [1.29, 1.82) is 0 Å². The standard InChI is InChI=1S/C16H17ClN2O4/c1-10-8-22-11(7-20)6-19(10)16(21)14-15(23-9-18-14)12-4-2-3-5-13(12)17/h2-5,9-11,20H,6-8H2,1H3. The molecule has 2 unspecified atom stereocenters. The molecule has 0 radical (unpaired) electrons. The van der Waals surface area contributed by atoms with Crippen LogP contribution in [0.15, 0.2) is 35.1 Å². The number of carbonyl (C=O) groups is 1. The van der Waals surface area contributed by atoms with Crippen molar-refractivity contribution in [3.8, 4) is 11.3 Å². The number of carbonyl (C=O) groups excluding carboxylic acids is 1. The van der Waals surface area contributed by atoms with Crippen LogP contribution in [0.25, 0.3) is 11.3 Å². The summed E-state index contributed by atoms with van der Waals surface area (Å²) in [5, 5.41) is 9.75. The van der Waals surface area contributed by atoms with E-state index in [-0.39, 0.29) is 30.4 Å². The smallest absolute Gasteiger partial charge is 0.276 e. The molecule has 0 bridgehead atoms. The highest BCUT2D eigenvalue weighted by Gasteiger charge is 2.33. The summed E-state index contributed by atoms with van der Waals surface area (Å²) < 4.78 is 10.9. The number of aromatic nitrogens is 1. The highest BCUT2D eigenvalue weighted by molar-refractivity contribution is 6.33. The molecule has 23 heavy (non-hydrogen) atoms. The maximum absolute atomic E-state index is 12.9. The van der Waals surface area contributed by atoms with Crippen LogP contribution in [0.4, 0.5) is 0 Å². The van der Waals surface area contributed by atoms with E-state index in [1.54, 1.807) is 23.1 Å². The van der Waals surface area contributed by atoms with E-state index in [0.29, 0.717) is 29.5 Å². The van der Waals surface area contributed by atoms with Gasteiger partial charge in [-0.1, -0.05) is 23.7 Å². The first-order valence-corrected chi connectivity index (χ1v) is 7.71. The van der Waals surface area contributed by atoms with Crippen LogP contribution in [0.2, 0.25) is 5.02 Å². The van der Waals surface area contributed by atoms with E-state index in [1.165, 1.54) is 6.39 Å². The second-order valence-electron chi connectivity index (χ2n) is 5.45. The Morgan fingerprint density at radius 1 is 1.48 bits per heavy atom. The summed E-state index contributed by atoms with van der Waals surface area (Å²) >= 11 is 6.19. The maximum atomic E-state index is 12.9. The zero-order chi connectivity index (χ0) is 16.4. The van der Waals surface area contributed by atoms with Crippen LogP contribution in [-0.2, 0) is 4.74 Å². The van der Waals surface area contributed by atoms with Crippen molar-refractivity contribution in [2.24, 2.45) is 0 Å². The molecule has 1 aromatic carbocycles. The summed E-state index contributed by atoms with van der Waals surface area (Å²) in [5.74, 6) is 0.0859. The SMILES string of the molecule is CC1COC(CO)CN1C(=O)c1ncoc1-c1ccccc1Cl. The lowest BCUT2D eigenvalue weighted by molar-refractivity contribution is -0.0668. The van der Waals surface area contributed by atoms with Crippen molar-refractivity contribution in [2.45, 2.75) is 19.1 Å². The molecule has 0 aliphatic carbocycles. The van der Waals surface area contributed by atoms with Crippen LogP contribution < -0.4 is 0 Å². The fourth-order valence-electron chi connectivity index (χ4n) is 2.58. The molecule has 1 amide bonds. The van der Waals surface area contributed by atoms with E-state index < -0.39 is 0 Å². The summed E-state index contributed by atoms with van der Waals surface area (Å²) in [6, 6.07) is 7.02. The largest absolute Gasteiger partial charge is 0.443 e. The zero-order valence-corrected chi connectivity index (χ0v) is 13.4. The number of nitrogens with zero attached hydrogens (tertiary/aromatic N) is 2. The number of morpholine rings is 1. The Morgan fingerprint density at radius 3 is 3.00 bits per heavy atom. The minimum absolute atomic E-state index is 0.110. The van der Waals surface area contributed by atoms with Crippen molar-refractivity contribution in [1.82, 2.24) is 9.88 Å². The lowest BCUT2D eigenvalue weighted by Crippen LogP contribution is -2.52. The van der Waals surface area contributed by atoms with Gasteiger partial charge in [0.15, 0.2) is 17.8 Å². The normalized spacial score (nSPS) is 21.4. The lowest BCUT2D eigenvalue weighted by atomic mass is 10.1. The summed E-state index contributed by atoms with van der Waals surface area (Å²) in [6.07, 6.45) is 0.853. The minimum atomic E-state index is -0.384. The molecular formula is C16H17ClN2O4. The molecule has 2 heterocycles. The van der Waals surface area contributed by atoms with Crippen molar-refractivity contribution < 1.29 is 19.1 Å². The molecule has 0 saturated carbocycles. The first kappa shape index (κ1) is 16.0. The zero-order valence-electron chi connectivity index (χ0n) is 12.6. The van der Waals surface area contributed by atoms with E-state index in [1.807, 2.05) is 13.0 Å². The Balaban J connectivity index is 1.92. The maximum Gasteiger partial charge on any atom is 0.276 e. The van der Waals surface area contributed by atoms with Gasteiger partial charge in [0.25, 0.3) is 5.91 Å². The van der Waals surface area contributed by atoms with Gasteiger partial charge in [-0.05, 0) is 19.1 Å². The van der Waals surface area contributed by atoms with Crippen molar-refractivity contribution in [3.05, 3.63) is 41.4 Å². The predicted octanol–water partition coefficient (Wildman–Crippen LogP) is 2.22. The molecule has 122 valence electrons. The predicted molar refractivity (Wildman–Crippen MR) is 84.3 cm³/mol. The monoisotopic (exact) mass is 336 g/mol. The Hall–Kier alpha value is -1.89. The molecular weight excluding hydrogens is 320 g/mol. The van der Waals surface area contributed by atoms with E-state index in [0.717, 1.165) is 0 Å². The van der Waals surface area contributed by atoms with Crippen LogP contribution in [0.3, 0.4) is 0 Å². The van der Waals surface area contributed by atoms with Gasteiger partial charge in [0.05, 0.1) is 30.4 Å². The van der Waals surface area contributed by atoms with Crippen LogP contribution in [0.5, 0.6) is 0 Å². The van der Waals surface area contributed by atoms with Crippen LogP contribution >= 0.6 is 11.6 Å². The number of rotatable bonds is 3. The molecule has 0 spiro atoms. The summed E-state index contributed by atoms with van der Waals surface area (Å²) in [6.45, 7) is 2.44. The first-order chi connectivity index (χ1) is 11.1. The summed E-state index contributed by atoms with van der Waals surface area (Å²) in [5.41, 5.74) is 0.832. The Bertz CT molecular complexity index is 703. The van der Waals surface area contributed by atoms with E-state index in [2.05, 4.69) is 4.98 Å². The first-order valence-electron chi connectivity index (χ1n) is 7.33. The Kier molecular flexibility index (Phi) is 4.66. The van der Waals surface area contributed by atoms with Crippen molar-refractivity contribution >= 4 is 17.5 Å². The molecule has 1 N–H and O–H groups in total. The fraction of sp³-hybridized carbons (Fsp3) is 0.375. The number of hydrogen-bond donors (Lipinski definition) is 1. The number of halogens is 1.